The van der Waals surface area contributed by atoms with Gasteiger partial charge in [0.25, 0.3) is 0 Å². The van der Waals surface area contributed by atoms with Crippen LogP contribution < -0.4 is 5.73 Å². The molecular formula is C44H80NO9P. The number of carboxylic acids is 1. The molecule has 0 heterocycles. The van der Waals surface area contributed by atoms with E-state index in [1.165, 1.54) is 96.3 Å². The molecule has 3 atom stereocenters. The molecule has 320 valence electrons. The number of hydrogen-bond acceptors (Lipinski definition) is 8. The van der Waals surface area contributed by atoms with Gasteiger partial charge in [-0.25, -0.2) is 4.57 Å². The number of allylic oxidation sites excluding steroid dienone is 8. The summed E-state index contributed by atoms with van der Waals surface area (Å²) in [6, 6.07) is -1.48. The molecule has 4 N–H and O–H groups in total. The number of unbranched alkanes of at least 4 members (excludes halogenated alkanes) is 19. The highest BCUT2D eigenvalue weighted by atomic mass is 31.2. The first kappa shape index (κ1) is 52.9. The van der Waals surface area contributed by atoms with Gasteiger partial charge in [-0.15, -0.1) is 0 Å². The van der Waals surface area contributed by atoms with Gasteiger partial charge in [-0.1, -0.05) is 165 Å². The van der Waals surface area contributed by atoms with Crippen LogP contribution in [0.1, 0.15) is 181 Å². The molecule has 0 aliphatic rings. The van der Waals surface area contributed by atoms with Crippen LogP contribution in [0.25, 0.3) is 0 Å². The highest BCUT2D eigenvalue weighted by molar-refractivity contribution is 7.47. The number of phosphoric ester groups is 1. The number of aliphatic carboxylic acids is 1. The van der Waals surface area contributed by atoms with Crippen molar-refractivity contribution < 1.29 is 42.7 Å². The van der Waals surface area contributed by atoms with Gasteiger partial charge in [-0.2, -0.15) is 0 Å². The van der Waals surface area contributed by atoms with Crippen LogP contribution >= 0.6 is 7.82 Å². The number of phosphoric acid groups is 1. The van der Waals surface area contributed by atoms with Crippen LogP contribution in [0.4, 0.5) is 0 Å². The largest absolute Gasteiger partial charge is 0.480 e. The van der Waals surface area contributed by atoms with Crippen molar-refractivity contribution in [3.8, 4) is 0 Å². The number of nitrogens with two attached hydrogens (primary N) is 1. The van der Waals surface area contributed by atoms with E-state index in [2.05, 4.69) is 62.5 Å². The lowest BCUT2D eigenvalue weighted by molar-refractivity contribution is -0.154. The first-order valence-corrected chi connectivity index (χ1v) is 23.2. The molecule has 0 saturated carbocycles. The summed E-state index contributed by atoms with van der Waals surface area (Å²) in [7, 11) is -4.62. The number of carbonyl (C=O) groups is 2. The Morgan fingerprint density at radius 3 is 1.51 bits per heavy atom. The van der Waals surface area contributed by atoms with Crippen molar-refractivity contribution in [2.24, 2.45) is 5.73 Å². The quantitative estimate of drug-likeness (QED) is 0.0236. The van der Waals surface area contributed by atoms with E-state index in [9.17, 15) is 19.0 Å². The molecule has 1 unspecified atom stereocenters. The first-order chi connectivity index (χ1) is 26.7. The third kappa shape index (κ3) is 39.9. The lowest BCUT2D eigenvalue weighted by Crippen LogP contribution is -2.34. The minimum Gasteiger partial charge on any atom is -0.480 e. The normalized spacial score (nSPS) is 14.4. The topological polar surface area (TPSA) is 155 Å². The van der Waals surface area contributed by atoms with Gasteiger partial charge < -0.3 is 25.2 Å². The molecule has 55 heavy (non-hydrogen) atoms. The van der Waals surface area contributed by atoms with Crippen LogP contribution in [-0.2, 0) is 32.7 Å². The summed E-state index contributed by atoms with van der Waals surface area (Å²) in [6.45, 7) is 3.82. The Morgan fingerprint density at radius 1 is 0.582 bits per heavy atom. The van der Waals surface area contributed by atoms with Crippen molar-refractivity contribution in [1.29, 1.82) is 0 Å². The summed E-state index contributed by atoms with van der Waals surface area (Å²) in [5.41, 5.74) is 5.35. The van der Waals surface area contributed by atoms with Gasteiger partial charge in [0.2, 0.25) is 0 Å². The monoisotopic (exact) mass is 798 g/mol. The van der Waals surface area contributed by atoms with Gasteiger partial charge in [0.15, 0.2) is 0 Å². The summed E-state index contributed by atoms with van der Waals surface area (Å²) >= 11 is 0. The number of carbonyl (C=O) groups excluding carboxylic acids is 1. The van der Waals surface area contributed by atoms with E-state index in [0.717, 1.165) is 57.8 Å². The van der Waals surface area contributed by atoms with Gasteiger partial charge in [-0.3, -0.25) is 18.6 Å². The zero-order valence-corrected chi connectivity index (χ0v) is 35.7. The molecule has 0 saturated heterocycles. The van der Waals surface area contributed by atoms with Crippen LogP contribution in [0.15, 0.2) is 48.6 Å². The third-order valence-electron chi connectivity index (χ3n) is 9.11. The van der Waals surface area contributed by atoms with Crippen molar-refractivity contribution in [2.45, 2.75) is 193 Å². The molecule has 0 aromatic carbocycles. The van der Waals surface area contributed by atoms with Crippen LogP contribution in [0.5, 0.6) is 0 Å². The zero-order chi connectivity index (χ0) is 40.5. The number of rotatable bonds is 41. The Morgan fingerprint density at radius 2 is 1.00 bits per heavy atom. The van der Waals surface area contributed by atoms with Crippen LogP contribution in [-0.4, -0.2) is 60.5 Å². The molecule has 0 rings (SSSR count). The highest BCUT2D eigenvalue weighted by Crippen LogP contribution is 2.43. The number of esters is 1. The molecule has 10 nitrogen and oxygen atoms in total. The SMILES string of the molecule is CCCCC/C=C\C/C=C\C/C=C\C/C=C\CCCCCC(=O)O[C@H](COCCCCCCCCCCCCCCCC)COP(=O)(O)OC[C@H](N)C(=O)O. The van der Waals surface area contributed by atoms with Crippen molar-refractivity contribution in [3.05, 3.63) is 48.6 Å². The fourth-order valence-corrected chi connectivity index (χ4v) is 6.48. The third-order valence-corrected chi connectivity index (χ3v) is 10.1. The van der Waals surface area contributed by atoms with E-state index >= 15 is 0 Å². The molecule has 0 spiro atoms. The molecule has 0 aliphatic heterocycles. The second-order valence-corrected chi connectivity index (χ2v) is 15.9. The maximum absolute atomic E-state index is 12.6. The molecule has 0 fully saturated rings. The molecule has 0 aliphatic carbocycles. The predicted molar refractivity (Wildman–Crippen MR) is 226 cm³/mol. The van der Waals surface area contributed by atoms with Gasteiger partial charge >= 0.3 is 19.8 Å². The van der Waals surface area contributed by atoms with Crippen molar-refractivity contribution >= 4 is 19.8 Å². The first-order valence-electron chi connectivity index (χ1n) is 21.7. The van der Waals surface area contributed by atoms with Gasteiger partial charge in [-0.05, 0) is 57.8 Å². The summed E-state index contributed by atoms with van der Waals surface area (Å²) in [6.07, 6.45) is 45.9. The van der Waals surface area contributed by atoms with E-state index in [1.807, 2.05) is 0 Å². The molecule has 0 aromatic rings. The van der Waals surface area contributed by atoms with Crippen LogP contribution in [0.3, 0.4) is 0 Å². The standard InChI is InChI=1S/C44H80NO9P/c1-3-5-7-9-11-13-15-17-19-20-21-22-23-24-26-28-30-32-34-36-43(46)54-41(39-52-55(49,50)53-40-42(45)44(47)48)38-51-37-35-33-31-29-27-25-18-16-14-12-10-8-6-4-2/h11,13,17,19,21-22,24,26,41-42H,3-10,12,14-16,18,20,23,25,27-40,45H2,1-2H3,(H,47,48)(H,49,50)/b13-11-,19-17-,22-21-,26-24-/t41-,42+/m1/s1. The average molecular weight is 798 g/mol. The van der Waals surface area contributed by atoms with E-state index in [1.54, 1.807) is 0 Å². The Bertz CT molecular complexity index is 1060. The van der Waals surface area contributed by atoms with E-state index in [0.29, 0.717) is 13.0 Å². The predicted octanol–water partition coefficient (Wildman–Crippen LogP) is 11.9. The number of hydrogen-bond donors (Lipinski definition) is 3. The van der Waals surface area contributed by atoms with E-state index in [4.69, 9.17) is 29.4 Å². The Hall–Kier alpha value is -2.07. The maximum Gasteiger partial charge on any atom is 0.472 e. The Kier molecular flexibility index (Phi) is 38.6. The molecular weight excluding hydrogens is 717 g/mol. The fraction of sp³-hybridized carbons (Fsp3) is 0.773. The van der Waals surface area contributed by atoms with Crippen LogP contribution in [0.2, 0.25) is 0 Å². The molecule has 0 aromatic heterocycles. The van der Waals surface area contributed by atoms with Crippen molar-refractivity contribution in [2.75, 3.05) is 26.4 Å². The van der Waals surface area contributed by atoms with Gasteiger partial charge in [0, 0.05) is 13.0 Å². The summed E-state index contributed by atoms with van der Waals surface area (Å²) in [5, 5.41) is 8.89. The minimum atomic E-state index is -4.62. The average Bonchev–Trinajstić information content (AvgIpc) is 3.16. The summed E-state index contributed by atoms with van der Waals surface area (Å²) < 4.78 is 33.3. The smallest absolute Gasteiger partial charge is 0.472 e. The minimum absolute atomic E-state index is 0.00485. The number of ether oxygens (including phenoxy) is 2. The second kappa shape index (κ2) is 40.1. The van der Waals surface area contributed by atoms with Crippen molar-refractivity contribution in [1.82, 2.24) is 0 Å². The van der Waals surface area contributed by atoms with Crippen LogP contribution in [0, 0.1) is 0 Å². The molecule has 11 heteroatoms. The summed E-state index contributed by atoms with van der Waals surface area (Å²) in [4.78, 5) is 33.5. The van der Waals surface area contributed by atoms with E-state index in [-0.39, 0.29) is 13.0 Å². The fourth-order valence-electron chi connectivity index (χ4n) is 5.70. The molecule has 0 bridgehead atoms. The molecule has 0 radical (unpaired) electrons. The zero-order valence-electron chi connectivity index (χ0n) is 34.8. The van der Waals surface area contributed by atoms with Crippen molar-refractivity contribution in [3.63, 3.8) is 0 Å². The van der Waals surface area contributed by atoms with Gasteiger partial charge in [0.05, 0.1) is 19.8 Å². The lowest BCUT2D eigenvalue weighted by Gasteiger charge is -2.20. The Labute approximate surface area is 335 Å². The molecule has 0 amide bonds. The Balaban J connectivity index is 4.31. The summed E-state index contributed by atoms with van der Waals surface area (Å²) in [5.74, 6) is -1.81. The lowest BCUT2D eigenvalue weighted by atomic mass is 10.0. The second-order valence-electron chi connectivity index (χ2n) is 14.5. The maximum atomic E-state index is 12.6. The highest BCUT2D eigenvalue weighted by Gasteiger charge is 2.27. The van der Waals surface area contributed by atoms with Gasteiger partial charge in [0.1, 0.15) is 12.1 Å². The number of carboxylic acid groups (broad SMARTS) is 1. The van der Waals surface area contributed by atoms with E-state index < -0.39 is 45.1 Å².